The SMILES string of the molecule is CC(C)(C)O[C@@H]1C[C@@H](C(=O)NCC(=O)O)N(C(=O)OCC2c3ccccc3-c3ccccc32)C1. The van der Waals surface area contributed by atoms with Crippen LogP contribution in [-0.2, 0) is 19.1 Å². The number of hydrogen-bond acceptors (Lipinski definition) is 5. The van der Waals surface area contributed by atoms with Crippen LogP contribution in [0.4, 0.5) is 4.79 Å². The van der Waals surface area contributed by atoms with Gasteiger partial charge in [-0.1, -0.05) is 48.5 Å². The summed E-state index contributed by atoms with van der Waals surface area (Å²) in [6.45, 7) is 5.53. The van der Waals surface area contributed by atoms with Crippen LogP contribution in [-0.4, -0.2) is 65.4 Å². The highest BCUT2D eigenvalue weighted by molar-refractivity contribution is 5.88. The topological polar surface area (TPSA) is 105 Å². The lowest BCUT2D eigenvalue weighted by atomic mass is 9.98. The Morgan fingerprint density at radius 3 is 2.18 bits per heavy atom. The molecular weight excluding hydrogens is 436 g/mol. The van der Waals surface area contributed by atoms with Gasteiger partial charge in [0.1, 0.15) is 19.2 Å². The first-order valence-electron chi connectivity index (χ1n) is 11.4. The number of carbonyl (C=O) groups is 3. The van der Waals surface area contributed by atoms with E-state index in [1.807, 2.05) is 57.2 Å². The van der Waals surface area contributed by atoms with Crippen LogP contribution in [0.3, 0.4) is 0 Å². The lowest BCUT2D eigenvalue weighted by Crippen LogP contribution is -2.47. The Hall–Kier alpha value is -3.39. The summed E-state index contributed by atoms with van der Waals surface area (Å²) in [4.78, 5) is 38.1. The van der Waals surface area contributed by atoms with Gasteiger partial charge in [0.2, 0.25) is 5.91 Å². The predicted molar refractivity (Wildman–Crippen MR) is 125 cm³/mol. The molecule has 1 aliphatic heterocycles. The number of carboxylic acid groups (broad SMARTS) is 1. The van der Waals surface area contributed by atoms with Crippen LogP contribution < -0.4 is 5.32 Å². The summed E-state index contributed by atoms with van der Waals surface area (Å²) in [5.41, 5.74) is 4.00. The maximum absolute atomic E-state index is 13.1. The Balaban J connectivity index is 1.49. The Bertz CT molecular complexity index is 1050. The van der Waals surface area contributed by atoms with E-state index in [1.165, 1.54) is 4.90 Å². The maximum atomic E-state index is 13.1. The van der Waals surface area contributed by atoms with Gasteiger partial charge in [-0.2, -0.15) is 0 Å². The van der Waals surface area contributed by atoms with E-state index in [4.69, 9.17) is 14.6 Å². The largest absolute Gasteiger partial charge is 0.480 e. The minimum Gasteiger partial charge on any atom is -0.480 e. The van der Waals surface area contributed by atoms with Crippen LogP contribution in [0.25, 0.3) is 11.1 Å². The van der Waals surface area contributed by atoms with Gasteiger partial charge in [0.05, 0.1) is 18.2 Å². The van der Waals surface area contributed by atoms with Crippen molar-refractivity contribution in [2.45, 2.75) is 50.9 Å². The second-order valence-electron chi connectivity index (χ2n) is 9.67. The molecule has 2 N–H and O–H groups in total. The molecular formula is C26H30N2O6. The lowest BCUT2D eigenvalue weighted by molar-refractivity contribution is -0.138. The van der Waals surface area contributed by atoms with Gasteiger partial charge in [0.25, 0.3) is 0 Å². The molecule has 0 aromatic heterocycles. The van der Waals surface area contributed by atoms with E-state index in [1.54, 1.807) is 0 Å². The van der Waals surface area contributed by atoms with E-state index in [0.29, 0.717) is 0 Å². The number of ether oxygens (including phenoxy) is 2. The number of likely N-dealkylation sites (tertiary alicyclic amines) is 1. The predicted octanol–water partition coefficient (Wildman–Crippen LogP) is 3.39. The summed E-state index contributed by atoms with van der Waals surface area (Å²) in [5, 5.41) is 11.3. The molecule has 8 nitrogen and oxygen atoms in total. The molecule has 0 bridgehead atoms. The molecule has 8 heteroatoms. The molecule has 1 aliphatic carbocycles. The van der Waals surface area contributed by atoms with Gasteiger partial charge in [0, 0.05) is 12.3 Å². The second kappa shape index (κ2) is 9.46. The van der Waals surface area contributed by atoms with Crippen LogP contribution in [0.1, 0.15) is 44.2 Å². The zero-order chi connectivity index (χ0) is 24.5. The molecule has 180 valence electrons. The van der Waals surface area contributed by atoms with Gasteiger partial charge in [-0.05, 0) is 43.0 Å². The summed E-state index contributed by atoms with van der Waals surface area (Å²) in [5.74, 6) is -1.78. The van der Waals surface area contributed by atoms with Gasteiger partial charge >= 0.3 is 12.1 Å². The van der Waals surface area contributed by atoms with Gasteiger partial charge in [-0.15, -0.1) is 0 Å². The van der Waals surface area contributed by atoms with Gasteiger partial charge < -0.3 is 19.9 Å². The van der Waals surface area contributed by atoms with Crippen LogP contribution in [0, 0.1) is 0 Å². The van der Waals surface area contributed by atoms with Crippen molar-refractivity contribution in [3.8, 4) is 11.1 Å². The van der Waals surface area contributed by atoms with Gasteiger partial charge in [0.15, 0.2) is 0 Å². The molecule has 2 aromatic rings. The van der Waals surface area contributed by atoms with Crippen molar-refractivity contribution < 1.29 is 29.0 Å². The molecule has 34 heavy (non-hydrogen) atoms. The van der Waals surface area contributed by atoms with E-state index in [2.05, 4.69) is 17.4 Å². The minimum atomic E-state index is -1.15. The fraction of sp³-hybridized carbons (Fsp3) is 0.423. The first-order valence-corrected chi connectivity index (χ1v) is 11.4. The molecule has 4 rings (SSSR count). The summed E-state index contributed by atoms with van der Waals surface area (Å²) < 4.78 is 11.8. The Kier molecular flexibility index (Phi) is 6.61. The van der Waals surface area contributed by atoms with Crippen molar-refractivity contribution in [3.05, 3.63) is 59.7 Å². The second-order valence-corrected chi connectivity index (χ2v) is 9.67. The molecule has 0 unspecified atom stereocenters. The highest BCUT2D eigenvalue weighted by Crippen LogP contribution is 2.44. The Morgan fingerprint density at radius 1 is 1.03 bits per heavy atom. The fourth-order valence-electron chi connectivity index (χ4n) is 4.79. The zero-order valence-corrected chi connectivity index (χ0v) is 19.6. The number of fused-ring (bicyclic) bond motifs is 3. The van der Waals surface area contributed by atoms with E-state index in [0.717, 1.165) is 22.3 Å². The summed E-state index contributed by atoms with van der Waals surface area (Å²) >= 11 is 0. The molecule has 2 aromatic carbocycles. The third-order valence-electron chi connectivity index (χ3n) is 6.07. The number of nitrogens with one attached hydrogen (secondary N) is 1. The highest BCUT2D eigenvalue weighted by Gasteiger charge is 2.42. The number of carbonyl (C=O) groups excluding carboxylic acids is 2. The van der Waals surface area contributed by atoms with E-state index in [-0.39, 0.29) is 31.6 Å². The number of nitrogens with zero attached hydrogens (tertiary/aromatic N) is 1. The fourth-order valence-corrected chi connectivity index (χ4v) is 4.79. The summed E-state index contributed by atoms with van der Waals surface area (Å²) in [6, 6.07) is 15.3. The first kappa shape index (κ1) is 23.8. The van der Waals surface area contributed by atoms with Crippen molar-refractivity contribution in [2.75, 3.05) is 19.7 Å². The Labute approximate surface area is 198 Å². The van der Waals surface area contributed by atoms with Crippen LogP contribution in [0.5, 0.6) is 0 Å². The third-order valence-corrected chi connectivity index (χ3v) is 6.07. The van der Waals surface area contributed by atoms with Crippen molar-refractivity contribution in [2.24, 2.45) is 0 Å². The van der Waals surface area contributed by atoms with Crippen LogP contribution in [0.2, 0.25) is 0 Å². The maximum Gasteiger partial charge on any atom is 0.410 e. The van der Waals surface area contributed by atoms with Crippen LogP contribution in [0.15, 0.2) is 48.5 Å². The smallest absolute Gasteiger partial charge is 0.410 e. The number of amides is 2. The first-order chi connectivity index (χ1) is 16.1. The number of benzene rings is 2. The number of rotatable bonds is 6. The average molecular weight is 467 g/mol. The molecule has 1 saturated heterocycles. The van der Waals surface area contributed by atoms with Crippen molar-refractivity contribution in [1.82, 2.24) is 10.2 Å². The number of aliphatic carboxylic acids is 1. The lowest BCUT2D eigenvalue weighted by Gasteiger charge is -2.25. The molecule has 2 aliphatic rings. The van der Waals surface area contributed by atoms with E-state index >= 15 is 0 Å². The highest BCUT2D eigenvalue weighted by atomic mass is 16.6. The standard InChI is InChI=1S/C26H30N2O6/c1-26(2,3)34-16-12-22(24(31)27-13-23(29)30)28(14-16)25(32)33-15-21-19-10-6-4-8-17(19)18-9-5-7-11-20(18)21/h4-11,16,21-22H,12-15H2,1-3H3,(H,27,31)(H,29,30)/t16-,22+/m1/s1. The number of carboxylic acids is 1. The molecule has 1 fully saturated rings. The molecule has 2 amide bonds. The molecule has 0 saturated carbocycles. The normalized spacial score (nSPS) is 19.4. The van der Waals surface area contributed by atoms with Crippen molar-refractivity contribution >= 4 is 18.0 Å². The molecule has 0 radical (unpaired) electrons. The zero-order valence-electron chi connectivity index (χ0n) is 19.6. The van der Waals surface area contributed by atoms with Crippen LogP contribution >= 0.6 is 0 Å². The van der Waals surface area contributed by atoms with E-state index in [9.17, 15) is 14.4 Å². The van der Waals surface area contributed by atoms with Crippen molar-refractivity contribution in [3.63, 3.8) is 0 Å². The molecule has 2 atom stereocenters. The van der Waals surface area contributed by atoms with Gasteiger partial charge in [-0.3, -0.25) is 14.5 Å². The van der Waals surface area contributed by atoms with Gasteiger partial charge in [-0.25, -0.2) is 4.79 Å². The Morgan fingerprint density at radius 2 is 1.62 bits per heavy atom. The molecule has 0 spiro atoms. The van der Waals surface area contributed by atoms with E-state index < -0.39 is 36.2 Å². The molecule has 1 heterocycles. The quantitative estimate of drug-likeness (QED) is 0.676. The monoisotopic (exact) mass is 466 g/mol. The average Bonchev–Trinajstić information content (AvgIpc) is 3.34. The minimum absolute atomic E-state index is 0.0973. The summed E-state index contributed by atoms with van der Waals surface area (Å²) in [6.07, 6.45) is -0.703. The van der Waals surface area contributed by atoms with Crippen molar-refractivity contribution in [1.29, 1.82) is 0 Å². The third kappa shape index (κ3) is 5.07. The number of hydrogen-bond donors (Lipinski definition) is 2. The summed E-state index contributed by atoms with van der Waals surface area (Å²) in [7, 11) is 0.